The lowest BCUT2D eigenvalue weighted by molar-refractivity contribution is 0.419. The van der Waals surface area contributed by atoms with Crippen molar-refractivity contribution in [3.63, 3.8) is 0 Å². The molecule has 8 rings (SSSR count). The summed E-state index contributed by atoms with van der Waals surface area (Å²) in [6.07, 6.45) is 0. The third-order valence-corrected chi connectivity index (χ3v) is 8.71. The van der Waals surface area contributed by atoms with Gasteiger partial charge in [0.1, 0.15) is 11.5 Å². The van der Waals surface area contributed by atoms with Crippen LogP contribution in [0.25, 0.3) is 55.4 Å². The second-order valence-corrected chi connectivity index (χ2v) is 11.8. The molecule has 1 aliphatic rings. The highest BCUT2D eigenvalue weighted by atomic mass is 16.5. The van der Waals surface area contributed by atoms with Gasteiger partial charge in [-0.05, 0) is 53.6 Å². The molecule has 4 heteroatoms. The Morgan fingerprint density at radius 3 is 1.91 bits per heavy atom. The minimum atomic E-state index is -0.229. The second kappa shape index (κ2) is 9.90. The predicted octanol–water partition coefficient (Wildman–Crippen LogP) is 10.1. The first-order chi connectivity index (χ1) is 21.5. The molecule has 7 aromatic rings. The number of hydrogen-bond acceptors (Lipinski definition) is 4. The van der Waals surface area contributed by atoms with Gasteiger partial charge in [0.05, 0.1) is 34.1 Å². The average Bonchev–Trinajstić information content (AvgIpc) is 3.07. The number of aromatic nitrogens is 2. The Morgan fingerprint density at radius 1 is 0.591 bits per heavy atom. The minimum absolute atomic E-state index is 0.229. The van der Waals surface area contributed by atoms with Gasteiger partial charge in [-0.3, -0.25) is 0 Å². The van der Waals surface area contributed by atoms with Crippen LogP contribution in [0.15, 0.2) is 127 Å². The van der Waals surface area contributed by atoms with Crippen molar-refractivity contribution in [1.82, 2.24) is 9.97 Å². The molecule has 0 atom stereocenters. The Hall–Kier alpha value is -5.79. The van der Waals surface area contributed by atoms with Crippen molar-refractivity contribution in [1.29, 1.82) is 5.26 Å². The molecular weight excluding hydrogens is 538 g/mol. The van der Waals surface area contributed by atoms with Gasteiger partial charge in [0.2, 0.25) is 0 Å². The van der Waals surface area contributed by atoms with E-state index in [0.29, 0.717) is 5.56 Å². The maximum absolute atomic E-state index is 9.39. The van der Waals surface area contributed by atoms with Crippen molar-refractivity contribution >= 4 is 21.8 Å². The van der Waals surface area contributed by atoms with Gasteiger partial charge in [-0.25, -0.2) is 9.97 Å². The number of benzene rings is 5. The first-order valence-electron chi connectivity index (χ1n) is 14.7. The number of nitrogens with zero attached hydrogens (tertiary/aromatic N) is 3. The lowest BCUT2D eigenvalue weighted by atomic mass is 9.73. The van der Waals surface area contributed by atoms with E-state index in [1.807, 2.05) is 36.4 Å². The summed E-state index contributed by atoms with van der Waals surface area (Å²) >= 11 is 0. The molecule has 0 fully saturated rings. The van der Waals surface area contributed by atoms with Gasteiger partial charge in [0, 0.05) is 38.4 Å². The Labute approximate surface area is 255 Å². The first kappa shape index (κ1) is 25.9. The number of hydrogen-bond donors (Lipinski definition) is 0. The van der Waals surface area contributed by atoms with Crippen LogP contribution in [-0.2, 0) is 5.41 Å². The molecule has 0 amide bonds. The zero-order valence-electron chi connectivity index (χ0n) is 24.4. The van der Waals surface area contributed by atoms with Gasteiger partial charge in [0.25, 0.3) is 0 Å². The highest BCUT2D eigenvalue weighted by Gasteiger charge is 2.36. The Balaban J connectivity index is 1.25. The van der Waals surface area contributed by atoms with E-state index in [9.17, 15) is 5.26 Å². The Morgan fingerprint density at radius 2 is 1.18 bits per heavy atom. The fraction of sp³-hybridized carbons (Fsp3) is 0.0750. The van der Waals surface area contributed by atoms with Crippen LogP contribution in [0.5, 0.6) is 11.5 Å². The standard InChI is InChI=1S/C40H27N3O/c1-40(2)32-13-3-4-14-35(32)44-36-15-7-12-31(37(36)40)28-9-6-11-30(23-28)34-21-19-27-17-16-26-18-20-33(42-38(26)39(27)43-34)29-10-5-8-25(22-29)24-41/h3-23H,1-2H3. The van der Waals surface area contributed by atoms with E-state index in [4.69, 9.17) is 14.7 Å². The Bertz CT molecular complexity index is 2310. The number of ether oxygens (including phenoxy) is 1. The molecule has 0 spiro atoms. The largest absolute Gasteiger partial charge is 0.457 e. The molecule has 3 heterocycles. The van der Waals surface area contributed by atoms with Crippen LogP contribution >= 0.6 is 0 Å². The highest BCUT2D eigenvalue weighted by molar-refractivity contribution is 6.04. The molecule has 0 aliphatic carbocycles. The average molecular weight is 566 g/mol. The smallest absolute Gasteiger partial charge is 0.132 e. The summed E-state index contributed by atoms with van der Waals surface area (Å²) in [6.45, 7) is 4.54. The number of pyridine rings is 2. The van der Waals surface area contributed by atoms with Crippen LogP contribution in [0, 0.1) is 11.3 Å². The zero-order valence-corrected chi connectivity index (χ0v) is 24.4. The molecule has 0 saturated heterocycles. The molecule has 44 heavy (non-hydrogen) atoms. The molecule has 0 bridgehead atoms. The topological polar surface area (TPSA) is 58.8 Å². The molecule has 208 valence electrons. The summed E-state index contributed by atoms with van der Waals surface area (Å²) in [5.74, 6) is 1.81. The summed E-state index contributed by atoms with van der Waals surface area (Å²) in [5.41, 5.74) is 10.4. The van der Waals surface area contributed by atoms with E-state index >= 15 is 0 Å². The lowest BCUT2D eigenvalue weighted by Gasteiger charge is -2.36. The summed E-state index contributed by atoms with van der Waals surface area (Å²) in [7, 11) is 0. The predicted molar refractivity (Wildman–Crippen MR) is 177 cm³/mol. The number of nitriles is 1. The summed E-state index contributed by atoms with van der Waals surface area (Å²) in [5, 5.41) is 11.4. The van der Waals surface area contributed by atoms with Crippen LogP contribution < -0.4 is 4.74 Å². The minimum Gasteiger partial charge on any atom is -0.457 e. The van der Waals surface area contributed by atoms with Crippen molar-refractivity contribution in [3.05, 3.63) is 144 Å². The third-order valence-electron chi connectivity index (χ3n) is 8.71. The molecule has 2 aromatic heterocycles. The van der Waals surface area contributed by atoms with Gasteiger partial charge in [0.15, 0.2) is 0 Å². The Kier molecular flexibility index (Phi) is 5.82. The van der Waals surface area contributed by atoms with Crippen LogP contribution in [0.2, 0.25) is 0 Å². The molecule has 5 aromatic carbocycles. The highest BCUT2D eigenvalue weighted by Crippen LogP contribution is 2.51. The van der Waals surface area contributed by atoms with Gasteiger partial charge in [-0.2, -0.15) is 5.26 Å². The van der Waals surface area contributed by atoms with Gasteiger partial charge in [-0.15, -0.1) is 0 Å². The first-order valence-corrected chi connectivity index (χ1v) is 14.7. The maximum atomic E-state index is 9.39. The van der Waals surface area contributed by atoms with E-state index < -0.39 is 0 Å². The van der Waals surface area contributed by atoms with E-state index in [2.05, 4.69) is 105 Å². The quantitative estimate of drug-likeness (QED) is 0.200. The summed E-state index contributed by atoms with van der Waals surface area (Å²) in [4.78, 5) is 10.2. The van der Waals surface area contributed by atoms with E-state index in [1.54, 1.807) is 6.07 Å². The number of para-hydroxylation sites is 1. The maximum Gasteiger partial charge on any atom is 0.132 e. The van der Waals surface area contributed by atoms with Crippen LogP contribution in [-0.4, -0.2) is 9.97 Å². The summed E-state index contributed by atoms with van der Waals surface area (Å²) < 4.78 is 6.40. The summed E-state index contributed by atoms with van der Waals surface area (Å²) in [6, 6.07) is 45.5. The lowest BCUT2D eigenvalue weighted by Crippen LogP contribution is -2.25. The van der Waals surface area contributed by atoms with E-state index in [-0.39, 0.29) is 5.41 Å². The van der Waals surface area contributed by atoms with Crippen molar-refractivity contribution in [2.24, 2.45) is 0 Å². The number of fused-ring (bicyclic) bond motifs is 5. The third kappa shape index (κ3) is 4.13. The zero-order chi connectivity index (χ0) is 29.8. The molecule has 0 N–H and O–H groups in total. The van der Waals surface area contributed by atoms with Crippen LogP contribution in [0.3, 0.4) is 0 Å². The van der Waals surface area contributed by atoms with E-state index in [1.165, 1.54) is 11.1 Å². The fourth-order valence-electron chi connectivity index (χ4n) is 6.51. The molecule has 0 unspecified atom stereocenters. The number of rotatable bonds is 3. The molecule has 0 saturated carbocycles. The van der Waals surface area contributed by atoms with Crippen molar-refractivity contribution in [3.8, 4) is 51.2 Å². The van der Waals surface area contributed by atoms with Crippen LogP contribution in [0.1, 0.15) is 30.5 Å². The van der Waals surface area contributed by atoms with Gasteiger partial charge < -0.3 is 4.74 Å². The van der Waals surface area contributed by atoms with Crippen LogP contribution in [0.4, 0.5) is 0 Å². The van der Waals surface area contributed by atoms with Crippen molar-refractivity contribution < 1.29 is 4.74 Å². The SMILES string of the molecule is CC1(C)c2ccccc2Oc2cccc(-c3cccc(-c4ccc5ccc6ccc(-c7cccc(C#N)c7)nc6c5n4)c3)c21. The van der Waals surface area contributed by atoms with E-state index in [0.717, 1.165) is 66.9 Å². The second-order valence-electron chi connectivity index (χ2n) is 11.8. The molecule has 1 aliphatic heterocycles. The molecule has 0 radical (unpaired) electrons. The molecular formula is C40H27N3O. The van der Waals surface area contributed by atoms with Crippen molar-refractivity contribution in [2.45, 2.75) is 19.3 Å². The fourth-order valence-corrected chi connectivity index (χ4v) is 6.51. The van der Waals surface area contributed by atoms with Crippen molar-refractivity contribution in [2.75, 3.05) is 0 Å². The monoisotopic (exact) mass is 565 g/mol. The van der Waals surface area contributed by atoms with Gasteiger partial charge in [-0.1, -0.05) is 98.8 Å². The van der Waals surface area contributed by atoms with Gasteiger partial charge >= 0.3 is 0 Å². The molecule has 4 nitrogen and oxygen atoms in total. The normalized spacial score (nSPS) is 13.1.